The van der Waals surface area contributed by atoms with Crippen LogP contribution in [0.5, 0.6) is 0 Å². The van der Waals surface area contributed by atoms with Crippen molar-refractivity contribution in [2.75, 3.05) is 0 Å². The maximum atomic E-state index is 10.9. The maximum absolute atomic E-state index is 10.9. The highest BCUT2D eigenvalue weighted by Crippen LogP contribution is 2.20. The highest BCUT2D eigenvalue weighted by Gasteiger charge is 2.06. The van der Waals surface area contributed by atoms with E-state index in [0.29, 0.717) is 6.54 Å². The van der Waals surface area contributed by atoms with Gasteiger partial charge in [-0.05, 0) is 26.0 Å². The zero-order chi connectivity index (χ0) is 10.8. The molecule has 0 amide bonds. The topological polar surface area (TPSA) is 48.0 Å². The van der Waals surface area contributed by atoms with Gasteiger partial charge in [0.15, 0.2) is 5.78 Å². The second-order valence-electron chi connectivity index (χ2n) is 3.54. The molecule has 0 aliphatic rings. The Morgan fingerprint density at radius 3 is 2.93 bits per heavy atom. The van der Waals surface area contributed by atoms with Gasteiger partial charge in [0.2, 0.25) is 0 Å². The molecule has 0 radical (unpaired) electrons. The van der Waals surface area contributed by atoms with Crippen LogP contribution < -0.4 is 0 Å². The number of furan rings is 1. The minimum Gasteiger partial charge on any atom is -0.461 e. The van der Waals surface area contributed by atoms with Gasteiger partial charge in [-0.25, -0.2) is 0 Å². The monoisotopic (exact) mass is 204 g/mol. The number of Topliss-reactive ketones (excluding diaryl/α,β-unsaturated/α-hetero) is 1. The predicted octanol–water partition coefficient (Wildman–Crippen LogP) is 2.04. The first-order valence-electron chi connectivity index (χ1n) is 4.74. The van der Waals surface area contributed by atoms with E-state index in [1.165, 1.54) is 0 Å². The molecular weight excluding hydrogens is 192 g/mol. The van der Waals surface area contributed by atoms with Gasteiger partial charge in [-0.2, -0.15) is 5.10 Å². The zero-order valence-corrected chi connectivity index (χ0v) is 8.73. The zero-order valence-electron chi connectivity index (χ0n) is 8.73. The summed E-state index contributed by atoms with van der Waals surface area (Å²) in [5.74, 6) is 1.73. The largest absolute Gasteiger partial charge is 0.461 e. The van der Waals surface area contributed by atoms with Crippen LogP contribution in [0.25, 0.3) is 11.3 Å². The van der Waals surface area contributed by atoms with Gasteiger partial charge in [-0.15, -0.1) is 0 Å². The van der Waals surface area contributed by atoms with Crippen molar-refractivity contribution in [3.63, 3.8) is 0 Å². The van der Waals surface area contributed by atoms with Crippen molar-refractivity contribution in [3.05, 3.63) is 30.3 Å². The van der Waals surface area contributed by atoms with Crippen LogP contribution in [0.2, 0.25) is 0 Å². The van der Waals surface area contributed by atoms with Crippen molar-refractivity contribution in [1.82, 2.24) is 9.78 Å². The standard InChI is InChI=1S/C11H12N2O2/c1-8(14)6-13-7-10(5-12-13)11-4-3-9(2)15-11/h3-5,7H,6H2,1-2H3. The molecule has 2 rings (SSSR count). The minimum atomic E-state index is 0.0836. The molecule has 0 unspecified atom stereocenters. The average Bonchev–Trinajstić information content (AvgIpc) is 2.72. The molecule has 0 bridgehead atoms. The number of aryl methyl sites for hydroxylation is 1. The smallest absolute Gasteiger partial charge is 0.151 e. The Morgan fingerprint density at radius 2 is 2.33 bits per heavy atom. The Labute approximate surface area is 87.5 Å². The van der Waals surface area contributed by atoms with Gasteiger partial charge in [0.1, 0.15) is 11.5 Å². The lowest BCUT2D eigenvalue weighted by molar-refractivity contribution is -0.117. The Balaban J connectivity index is 2.23. The quantitative estimate of drug-likeness (QED) is 0.768. The van der Waals surface area contributed by atoms with Crippen LogP contribution in [0.15, 0.2) is 28.9 Å². The Bertz CT molecular complexity index is 482. The number of nitrogens with zero attached hydrogens (tertiary/aromatic N) is 2. The molecule has 0 fully saturated rings. The summed E-state index contributed by atoms with van der Waals surface area (Å²) in [6, 6.07) is 3.79. The molecule has 78 valence electrons. The van der Waals surface area contributed by atoms with Gasteiger partial charge >= 0.3 is 0 Å². The average molecular weight is 204 g/mol. The first-order valence-corrected chi connectivity index (χ1v) is 4.74. The van der Waals surface area contributed by atoms with E-state index in [1.54, 1.807) is 24.0 Å². The molecule has 4 heteroatoms. The Morgan fingerprint density at radius 1 is 1.53 bits per heavy atom. The van der Waals surface area contributed by atoms with Crippen molar-refractivity contribution in [1.29, 1.82) is 0 Å². The number of carbonyl (C=O) groups is 1. The summed E-state index contributed by atoms with van der Waals surface area (Å²) in [5, 5.41) is 4.08. The SMILES string of the molecule is CC(=O)Cn1cc(-c2ccc(C)o2)cn1. The van der Waals surface area contributed by atoms with Crippen molar-refractivity contribution in [2.24, 2.45) is 0 Å². The minimum absolute atomic E-state index is 0.0836. The third-order valence-electron chi connectivity index (χ3n) is 2.04. The fourth-order valence-corrected chi connectivity index (χ4v) is 1.40. The Kier molecular flexibility index (Phi) is 2.41. The van der Waals surface area contributed by atoms with Crippen molar-refractivity contribution >= 4 is 5.78 Å². The second-order valence-corrected chi connectivity index (χ2v) is 3.54. The fourth-order valence-electron chi connectivity index (χ4n) is 1.40. The van der Waals surface area contributed by atoms with E-state index in [-0.39, 0.29) is 5.78 Å². The number of carbonyl (C=O) groups excluding carboxylic acids is 1. The van der Waals surface area contributed by atoms with E-state index >= 15 is 0 Å². The van der Waals surface area contributed by atoms with Crippen molar-refractivity contribution in [3.8, 4) is 11.3 Å². The summed E-state index contributed by atoms with van der Waals surface area (Å²) in [6.07, 6.45) is 3.50. The van der Waals surface area contributed by atoms with E-state index in [2.05, 4.69) is 5.10 Å². The number of rotatable bonds is 3. The number of hydrogen-bond donors (Lipinski definition) is 0. The molecule has 0 N–H and O–H groups in total. The molecule has 2 aromatic rings. The van der Waals surface area contributed by atoms with Crippen LogP contribution in [0, 0.1) is 6.92 Å². The van der Waals surface area contributed by atoms with Crippen LogP contribution in [-0.4, -0.2) is 15.6 Å². The van der Waals surface area contributed by atoms with E-state index in [0.717, 1.165) is 17.1 Å². The van der Waals surface area contributed by atoms with Crippen LogP contribution in [-0.2, 0) is 11.3 Å². The number of hydrogen-bond acceptors (Lipinski definition) is 3. The summed E-state index contributed by atoms with van der Waals surface area (Å²) < 4.78 is 7.06. The molecule has 0 aliphatic heterocycles. The van der Waals surface area contributed by atoms with E-state index in [1.807, 2.05) is 19.1 Å². The molecule has 2 aromatic heterocycles. The van der Waals surface area contributed by atoms with Crippen molar-refractivity contribution in [2.45, 2.75) is 20.4 Å². The molecule has 0 spiro atoms. The highest BCUT2D eigenvalue weighted by atomic mass is 16.3. The van der Waals surface area contributed by atoms with Gasteiger partial charge in [-0.3, -0.25) is 9.48 Å². The van der Waals surface area contributed by atoms with Gasteiger partial charge in [0.25, 0.3) is 0 Å². The molecule has 0 saturated carbocycles. The maximum Gasteiger partial charge on any atom is 0.151 e. The number of ketones is 1. The molecular formula is C11H12N2O2. The number of aromatic nitrogens is 2. The Hall–Kier alpha value is -1.84. The van der Waals surface area contributed by atoms with Crippen molar-refractivity contribution < 1.29 is 9.21 Å². The molecule has 0 saturated heterocycles. The van der Waals surface area contributed by atoms with Crippen LogP contribution in [0.3, 0.4) is 0 Å². The van der Waals surface area contributed by atoms with E-state index in [9.17, 15) is 4.79 Å². The van der Waals surface area contributed by atoms with Crippen LogP contribution in [0.1, 0.15) is 12.7 Å². The van der Waals surface area contributed by atoms with E-state index < -0.39 is 0 Å². The molecule has 0 atom stereocenters. The fraction of sp³-hybridized carbons (Fsp3) is 0.273. The second kappa shape index (κ2) is 3.73. The highest BCUT2D eigenvalue weighted by molar-refractivity contribution is 5.75. The molecule has 0 aromatic carbocycles. The lowest BCUT2D eigenvalue weighted by atomic mass is 10.3. The first-order chi connectivity index (χ1) is 7.15. The molecule has 2 heterocycles. The molecule has 15 heavy (non-hydrogen) atoms. The summed E-state index contributed by atoms with van der Waals surface area (Å²) in [6.45, 7) is 3.74. The first kappa shape index (κ1) is 9.71. The summed E-state index contributed by atoms with van der Waals surface area (Å²) >= 11 is 0. The predicted molar refractivity (Wildman–Crippen MR) is 55.3 cm³/mol. The van der Waals surface area contributed by atoms with Gasteiger partial charge in [0.05, 0.1) is 18.3 Å². The van der Waals surface area contributed by atoms with Gasteiger partial charge in [-0.1, -0.05) is 0 Å². The third-order valence-corrected chi connectivity index (χ3v) is 2.04. The van der Waals surface area contributed by atoms with Crippen LogP contribution in [0.4, 0.5) is 0 Å². The molecule has 0 aliphatic carbocycles. The van der Waals surface area contributed by atoms with Crippen LogP contribution >= 0.6 is 0 Å². The summed E-state index contributed by atoms with van der Waals surface area (Å²) in [4.78, 5) is 10.9. The van der Waals surface area contributed by atoms with Gasteiger partial charge in [0, 0.05) is 6.20 Å². The third kappa shape index (κ3) is 2.15. The normalized spacial score (nSPS) is 10.5. The van der Waals surface area contributed by atoms with E-state index in [4.69, 9.17) is 4.42 Å². The van der Waals surface area contributed by atoms with Gasteiger partial charge < -0.3 is 4.42 Å². The lowest BCUT2D eigenvalue weighted by Crippen LogP contribution is -2.05. The lowest BCUT2D eigenvalue weighted by Gasteiger charge is -1.94. The summed E-state index contributed by atoms with van der Waals surface area (Å²) in [7, 11) is 0. The molecule has 4 nitrogen and oxygen atoms in total. The summed E-state index contributed by atoms with van der Waals surface area (Å²) in [5.41, 5.74) is 0.893.